The number of hydrogen-bond donors (Lipinski definition) is 2. The standard InChI is InChI=1S/C19H24O6/c1-3-18(8-10-24-18)15(19(4-2)9-11-25-19)12-6-5-7-13(16(20)21)14(12)17(22)23/h5-7,15H,3-4,8-11H2,1-2H3,(H,20,21)(H,22,23). The molecule has 0 aliphatic carbocycles. The third-order valence-electron chi connectivity index (χ3n) is 5.93. The lowest BCUT2D eigenvalue weighted by Crippen LogP contribution is -2.61. The molecule has 2 saturated heterocycles. The van der Waals surface area contributed by atoms with Gasteiger partial charge >= 0.3 is 11.9 Å². The van der Waals surface area contributed by atoms with Gasteiger partial charge in [-0.05, 0) is 24.5 Å². The Morgan fingerprint density at radius 1 is 1.04 bits per heavy atom. The molecule has 6 heteroatoms. The van der Waals surface area contributed by atoms with Crippen LogP contribution in [-0.4, -0.2) is 46.6 Å². The molecule has 0 radical (unpaired) electrons. The second-order valence-corrected chi connectivity index (χ2v) is 6.85. The molecule has 2 unspecified atom stereocenters. The molecule has 0 spiro atoms. The monoisotopic (exact) mass is 348 g/mol. The molecule has 0 bridgehead atoms. The molecule has 1 aromatic carbocycles. The SMILES string of the molecule is CCC1(C(c2cccc(C(=O)O)c2C(=O)O)C2(CC)CCO2)CCO1. The third-order valence-corrected chi connectivity index (χ3v) is 5.93. The minimum absolute atomic E-state index is 0.147. The summed E-state index contributed by atoms with van der Waals surface area (Å²) < 4.78 is 12.0. The molecule has 25 heavy (non-hydrogen) atoms. The van der Waals surface area contributed by atoms with E-state index in [2.05, 4.69) is 0 Å². The molecule has 2 atom stereocenters. The maximum absolute atomic E-state index is 11.9. The van der Waals surface area contributed by atoms with Crippen LogP contribution in [0.25, 0.3) is 0 Å². The van der Waals surface area contributed by atoms with Gasteiger partial charge in [-0.15, -0.1) is 0 Å². The number of aromatic carboxylic acids is 2. The smallest absolute Gasteiger partial charge is 0.336 e. The van der Waals surface area contributed by atoms with E-state index in [1.165, 1.54) is 6.07 Å². The summed E-state index contributed by atoms with van der Waals surface area (Å²) in [6.45, 7) is 5.31. The van der Waals surface area contributed by atoms with Crippen LogP contribution in [0, 0.1) is 0 Å². The van der Waals surface area contributed by atoms with E-state index in [1.54, 1.807) is 12.1 Å². The molecule has 136 valence electrons. The van der Waals surface area contributed by atoms with E-state index in [4.69, 9.17) is 9.47 Å². The summed E-state index contributed by atoms with van der Waals surface area (Å²) in [5.74, 6) is -2.77. The Labute approximate surface area is 146 Å². The second kappa shape index (κ2) is 6.42. The predicted octanol–water partition coefficient (Wildman–Crippen LogP) is 3.30. The van der Waals surface area contributed by atoms with Gasteiger partial charge in [0.25, 0.3) is 0 Å². The van der Waals surface area contributed by atoms with Crippen LogP contribution < -0.4 is 0 Å². The Morgan fingerprint density at radius 2 is 1.56 bits per heavy atom. The number of hydrogen-bond acceptors (Lipinski definition) is 4. The van der Waals surface area contributed by atoms with Crippen LogP contribution in [0.2, 0.25) is 0 Å². The molecular formula is C19H24O6. The number of ether oxygens (including phenoxy) is 2. The maximum atomic E-state index is 11.9. The van der Waals surface area contributed by atoms with Gasteiger partial charge in [0.05, 0.1) is 35.5 Å². The zero-order chi connectivity index (χ0) is 18.2. The minimum Gasteiger partial charge on any atom is -0.478 e. The third kappa shape index (κ3) is 2.64. The van der Waals surface area contributed by atoms with Gasteiger partial charge in [-0.1, -0.05) is 26.0 Å². The van der Waals surface area contributed by atoms with Gasteiger partial charge in [0.2, 0.25) is 0 Å². The van der Waals surface area contributed by atoms with Gasteiger partial charge < -0.3 is 19.7 Å². The van der Waals surface area contributed by atoms with Gasteiger partial charge in [0, 0.05) is 18.8 Å². The number of rotatable bonds is 7. The minimum atomic E-state index is -1.24. The first-order valence-electron chi connectivity index (χ1n) is 8.78. The molecule has 2 fully saturated rings. The molecule has 1 aromatic rings. The molecule has 2 N–H and O–H groups in total. The average Bonchev–Trinajstić information content (AvgIpc) is 2.51. The second-order valence-electron chi connectivity index (χ2n) is 6.85. The Balaban J connectivity index is 2.23. The van der Waals surface area contributed by atoms with Crippen molar-refractivity contribution in [3.8, 4) is 0 Å². The largest absolute Gasteiger partial charge is 0.478 e. The highest BCUT2D eigenvalue weighted by atomic mass is 16.5. The lowest BCUT2D eigenvalue weighted by Gasteiger charge is -2.58. The van der Waals surface area contributed by atoms with Crippen LogP contribution in [0.15, 0.2) is 18.2 Å². The van der Waals surface area contributed by atoms with Crippen molar-refractivity contribution >= 4 is 11.9 Å². The number of carbonyl (C=O) groups is 2. The summed E-state index contributed by atoms with van der Waals surface area (Å²) in [4.78, 5) is 23.5. The normalized spacial score (nSPS) is 29.4. The van der Waals surface area contributed by atoms with E-state index in [0.717, 1.165) is 25.7 Å². The zero-order valence-electron chi connectivity index (χ0n) is 14.6. The Bertz CT molecular complexity index is 654. The van der Waals surface area contributed by atoms with Crippen molar-refractivity contribution in [1.29, 1.82) is 0 Å². The average molecular weight is 348 g/mol. The first kappa shape index (κ1) is 17.9. The summed E-state index contributed by atoms with van der Waals surface area (Å²) >= 11 is 0. The van der Waals surface area contributed by atoms with Gasteiger partial charge in [-0.25, -0.2) is 9.59 Å². The molecular weight excluding hydrogens is 324 g/mol. The topological polar surface area (TPSA) is 93.1 Å². The fourth-order valence-electron chi connectivity index (χ4n) is 4.42. The van der Waals surface area contributed by atoms with Crippen LogP contribution in [0.1, 0.15) is 71.7 Å². The van der Waals surface area contributed by atoms with Crippen molar-refractivity contribution < 1.29 is 29.3 Å². The molecule has 0 saturated carbocycles. The first-order valence-corrected chi connectivity index (χ1v) is 8.78. The van der Waals surface area contributed by atoms with E-state index >= 15 is 0 Å². The van der Waals surface area contributed by atoms with Crippen LogP contribution >= 0.6 is 0 Å². The van der Waals surface area contributed by atoms with Crippen molar-refractivity contribution in [3.63, 3.8) is 0 Å². The Hall–Kier alpha value is -1.92. The van der Waals surface area contributed by atoms with Crippen LogP contribution in [0.3, 0.4) is 0 Å². The van der Waals surface area contributed by atoms with Gasteiger partial charge in [-0.2, -0.15) is 0 Å². The maximum Gasteiger partial charge on any atom is 0.336 e. The summed E-state index contributed by atoms with van der Waals surface area (Å²) in [5.41, 5.74) is -0.830. The van der Waals surface area contributed by atoms with Crippen molar-refractivity contribution in [2.45, 2.75) is 56.7 Å². The fraction of sp³-hybridized carbons (Fsp3) is 0.579. The molecule has 0 amide bonds. The zero-order valence-corrected chi connectivity index (χ0v) is 14.6. The van der Waals surface area contributed by atoms with Gasteiger partial charge in [-0.3, -0.25) is 0 Å². The van der Waals surface area contributed by atoms with Crippen LogP contribution in [-0.2, 0) is 9.47 Å². The van der Waals surface area contributed by atoms with E-state index < -0.39 is 23.1 Å². The molecule has 2 aliphatic heterocycles. The van der Waals surface area contributed by atoms with Crippen molar-refractivity contribution in [2.75, 3.05) is 13.2 Å². The molecule has 2 aliphatic rings. The number of carboxylic acid groups (broad SMARTS) is 2. The van der Waals surface area contributed by atoms with Gasteiger partial charge in [0.15, 0.2) is 0 Å². The molecule has 3 rings (SSSR count). The highest BCUT2D eigenvalue weighted by molar-refractivity contribution is 6.03. The van der Waals surface area contributed by atoms with E-state index in [1.807, 2.05) is 13.8 Å². The lowest BCUT2D eigenvalue weighted by atomic mass is 9.62. The first-order chi connectivity index (χ1) is 11.9. The fourth-order valence-corrected chi connectivity index (χ4v) is 4.42. The van der Waals surface area contributed by atoms with E-state index in [0.29, 0.717) is 18.8 Å². The van der Waals surface area contributed by atoms with Crippen molar-refractivity contribution in [2.24, 2.45) is 0 Å². The van der Waals surface area contributed by atoms with Gasteiger partial charge in [0.1, 0.15) is 0 Å². The molecule has 0 aromatic heterocycles. The van der Waals surface area contributed by atoms with E-state index in [-0.39, 0.29) is 17.0 Å². The summed E-state index contributed by atoms with van der Waals surface area (Å²) in [5, 5.41) is 19.2. The Morgan fingerprint density at radius 3 is 1.88 bits per heavy atom. The Kier molecular flexibility index (Phi) is 4.60. The summed E-state index contributed by atoms with van der Waals surface area (Å²) in [6.07, 6.45) is 3.07. The lowest BCUT2D eigenvalue weighted by molar-refractivity contribution is -0.247. The van der Waals surface area contributed by atoms with Crippen molar-refractivity contribution in [1.82, 2.24) is 0 Å². The summed E-state index contributed by atoms with van der Waals surface area (Å²) in [7, 11) is 0. The van der Waals surface area contributed by atoms with Crippen molar-refractivity contribution in [3.05, 3.63) is 34.9 Å². The van der Waals surface area contributed by atoms with Crippen LogP contribution in [0.5, 0.6) is 0 Å². The quantitative estimate of drug-likeness (QED) is 0.785. The number of benzene rings is 1. The highest BCUT2D eigenvalue weighted by Crippen LogP contribution is 2.55. The predicted molar refractivity (Wildman–Crippen MR) is 90.3 cm³/mol. The summed E-state index contributed by atoms with van der Waals surface area (Å²) in [6, 6.07) is 4.67. The number of carboxylic acids is 2. The highest BCUT2D eigenvalue weighted by Gasteiger charge is 2.58. The molecule has 6 nitrogen and oxygen atoms in total. The van der Waals surface area contributed by atoms with E-state index in [9.17, 15) is 19.8 Å². The van der Waals surface area contributed by atoms with Crippen LogP contribution in [0.4, 0.5) is 0 Å². The molecule has 2 heterocycles.